The molecule has 0 amide bonds. The SMILES string of the molecule is Cl.FC(F)(F)c1ccc(C(F)(F)F)c([C@H]2CCCN2)c1. The van der Waals surface area contributed by atoms with Gasteiger partial charge < -0.3 is 5.32 Å². The predicted molar refractivity (Wildman–Crippen MR) is 63.7 cm³/mol. The van der Waals surface area contributed by atoms with Crippen molar-refractivity contribution in [3.05, 3.63) is 34.9 Å². The van der Waals surface area contributed by atoms with Crippen LogP contribution >= 0.6 is 12.4 Å². The minimum atomic E-state index is -4.65. The molecule has 8 heteroatoms. The fraction of sp³-hybridized carbons (Fsp3) is 0.500. The number of halogens is 7. The highest BCUT2D eigenvalue weighted by Gasteiger charge is 2.38. The van der Waals surface area contributed by atoms with E-state index in [1.54, 1.807) is 0 Å². The van der Waals surface area contributed by atoms with Crippen LogP contribution in [0.2, 0.25) is 0 Å². The molecular weight excluding hydrogens is 308 g/mol. The van der Waals surface area contributed by atoms with Gasteiger partial charge in [-0.3, -0.25) is 0 Å². The van der Waals surface area contributed by atoms with Crippen LogP contribution in [0, 0.1) is 0 Å². The Morgan fingerprint density at radius 3 is 2.10 bits per heavy atom. The third kappa shape index (κ3) is 3.58. The van der Waals surface area contributed by atoms with E-state index in [0.29, 0.717) is 37.6 Å². The zero-order chi connectivity index (χ0) is 14.3. The van der Waals surface area contributed by atoms with Crippen LogP contribution in [0.15, 0.2) is 18.2 Å². The van der Waals surface area contributed by atoms with Gasteiger partial charge >= 0.3 is 12.4 Å². The Morgan fingerprint density at radius 2 is 1.65 bits per heavy atom. The molecular formula is C12H12ClF6N. The van der Waals surface area contributed by atoms with Crippen molar-refractivity contribution in [2.24, 2.45) is 0 Å². The van der Waals surface area contributed by atoms with E-state index in [1.165, 1.54) is 0 Å². The Hall–Kier alpha value is -0.950. The predicted octanol–water partition coefficient (Wildman–Crippen LogP) is 4.57. The Morgan fingerprint density at radius 1 is 1.00 bits per heavy atom. The highest BCUT2D eigenvalue weighted by atomic mass is 35.5. The summed E-state index contributed by atoms with van der Waals surface area (Å²) < 4.78 is 76.2. The largest absolute Gasteiger partial charge is 0.416 e. The average molecular weight is 320 g/mol. The van der Waals surface area contributed by atoms with E-state index in [9.17, 15) is 26.3 Å². The summed E-state index contributed by atoms with van der Waals surface area (Å²) in [5.74, 6) is 0. The van der Waals surface area contributed by atoms with Gasteiger partial charge in [-0.15, -0.1) is 12.4 Å². The molecule has 1 aromatic rings. The Kier molecular flexibility index (Phi) is 4.97. The summed E-state index contributed by atoms with van der Waals surface area (Å²) in [5.41, 5.74) is -2.37. The molecule has 0 unspecified atom stereocenters. The lowest BCUT2D eigenvalue weighted by molar-refractivity contribution is -0.142. The Balaban J connectivity index is 0.00000200. The Bertz CT molecular complexity index is 462. The minimum absolute atomic E-state index is 0. The van der Waals surface area contributed by atoms with Gasteiger partial charge in [-0.2, -0.15) is 26.3 Å². The van der Waals surface area contributed by atoms with Gasteiger partial charge in [-0.25, -0.2) is 0 Å². The molecule has 1 aromatic carbocycles. The van der Waals surface area contributed by atoms with Gasteiger partial charge in [0.1, 0.15) is 0 Å². The third-order valence-corrected chi connectivity index (χ3v) is 3.12. The summed E-state index contributed by atoms with van der Waals surface area (Å²) >= 11 is 0. The topological polar surface area (TPSA) is 12.0 Å². The fourth-order valence-corrected chi connectivity index (χ4v) is 2.24. The lowest BCUT2D eigenvalue weighted by atomic mass is 9.96. The van der Waals surface area contributed by atoms with Crippen LogP contribution in [-0.4, -0.2) is 6.54 Å². The summed E-state index contributed by atoms with van der Waals surface area (Å²) in [4.78, 5) is 0. The van der Waals surface area contributed by atoms with Crippen LogP contribution in [0.1, 0.15) is 35.6 Å². The first kappa shape index (κ1) is 17.1. The standard InChI is InChI=1S/C12H11F6N.ClH/c13-11(14,15)7-3-4-9(12(16,17)18)8(6-7)10-2-1-5-19-10;/h3-4,6,10,19H,1-2,5H2;1H/t10-;/m1./s1. The molecule has 0 spiro atoms. The lowest BCUT2D eigenvalue weighted by Gasteiger charge is -2.20. The summed E-state index contributed by atoms with van der Waals surface area (Å²) in [7, 11) is 0. The first-order chi connectivity index (χ1) is 8.69. The summed E-state index contributed by atoms with van der Waals surface area (Å²) in [6, 6.07) is 0.921. The summed E-state index contributed by atoms with van der Waals surface area (Å²) in [6.45, 7) is 0.512. The maximum atomic E-state index is 12.8. The first-order valence-corrected chi connectivity index (χ1v) is 5.71. The monoisotopic (exact) mass is 319 g/mol. The molecule has 1 heterocycles. The van der Waals surface area contributed by atoms with E-state index in [0.717, 1.165) is 0 Å². The van der Waals surface area contributed by atoms with Gasteiger partial charge in [-0.05, 0) is 43.1 Å². The molecule has 1 nitrogen and oxygen atoms in total. The van der Waals surface area contributed by atoms with Crippen molar-refractivity contribution in [1.82, 2.24) is 5.32 Å². The van der Waals surface area contributed by atoms with Gasteiger partial charge in [0.05, 0.1) is 11.1 Å². The molecule has 1 aliphatic rings. The maximum absolute atomic E-state index is 12.8. The van der Waals surface area contributed by atoms with E-state index in [-0.39, 0.29) is 18.0 Å². The zero-order valence-electron chi connectivity index (χ0n) is 10.1. The second-order valence-electron chi connectivity index (χ2n) is 4.45. The lowest BCUT2D eigenvalue weighted by Crippen LogP contribution is -2.20. The second kappa shape index (κ2) is 5.81. The molecule has 0 aliphatic carbocycles. The molecule has 1 saturated heterocycles. The quantitative estimate of drug-likeness (QED) is 0.748. The van der Waals surface area contributed by atoms with E-state index < -0.39 is 29.5 Å². The van der Waals surface area contributed by atoms with Gasteiger partial charge in [0.25, 0.3) is 0 Å². The van der Waals surface area contributed by atoms with Crippen molar-refractivity contribution in [3.63, 3.8) is 0 Å². The van der Waals surface area contributed by atoms with Crippen molar-refractivity contribution < 1.29 is 26.3 Å². The molecule has 0 bridgehead atoms. The second-order valence-corrected chi connectivity index (χ2v) is 4.45. The van der Waals surface area contributed by atoms with E-state index in [1.807, 2.05) is 0 Å². The van der Waals surface area contributed by atoms with Gasteiger partial charge in [-0.1, -0.05) is 0 Å². The molecule has 0 saturated carbocycles. The highest BCUT2D eigenvalue weighted by molar-refractivity contribution is 5.85. The smallest absolute Gasteiger partial charge is 0.310 e. The fourth-order valence-electron chi connectivity index (χ4n) is 2.24. The van der Waals surface area contributed by atoms with Gasteiger partial charge in [0.2, 0.25) is 0 Å². The molecule has 20 heavy (non-hydrogen) atoms. The van der Waals surface area contributed by atoms with Crippen LogP contribution in [0.4, 0.5) is 26.3 Å². The molecule has 2 rings (SSSR count). The molecule has 1 fully saturated rings. The molecule has 0 radical (unpaired) electrons. The van der Waals surface area contributed by atoms with Crippen LogP contribution in [-0.2, 0) is 12.4 Å². The van der Waals surface area contributed by atoms with E-state index in [4.69, 9.17) is 0 Å². The Labute approximate surface area is 117 Å². The number of nitrogens with one attached hydrogen (secondary N) is 1. The molecule has 1 aliphatic heterocycles. The van der Waals surface area contributed by atoms with E-state index in [2.05, 4.69) is 5.32 Å². The first-order valence-electron chi connectivity index (χ1n) is 5.71. The van der Waals surface area contributed by atoms with Gasteiger partial charge in [0.15, 0.2) is 0 Å². The van der Waals surface area contributed by atoms with Crippen LogP contribution < -0.4 is 5.32 Å². The van der Waals surface area contributed by atoms with Crippen molar-refractivity contribution in [2.45, 2.75) is 31.2 Å². The van der Waals surface area contributed by atoms with Crippen molar-refractivity contribution in [1.29, 1.82) is 0 Å². The molecule has 1 atom stereocenters. The average Bonchev–Trinajstić information content (AvgIpc) is 2.79. The third-order valence-electron chi connectivity index (χ3n) is 3.12. The number of hydrogen-bond acceptors (Lipinski definition) is 1. The molecule has 1 N–H and O–H groups in total. The normalized spacial score (nSPS) is 19.8. The zero-order valence-corrected chi connectivity index (χ0v) is 10.9. The number of benzene rings is 1. The van der Waals surface area contributed by atoms with Crippen LogP contribution in [0.25, 0.3) is 0 Å². The number of alkyl halides is 6. The van der Waals surface area contributed by atoms with Crippen molar-refractivity contribution >= 4 is 12.4 Å². The van der Waals surface area contributed by atoms with E-state index >= 15 is 0 Å². The molecule has 114 valence electrons. The van der Waals surface area contributed by atoms with Crippen molar-refractivity contribution in [3.8, 4) is 0 Å². The summed E-state index contributed by atoms with van der Waals surface area (Å²) in [5, 5.41) is 2.80. The van der Waals surface area contributed by atoms with Gasteiger partial charge in [0, 0.05) is 6.04 Å². The number of rotatable bonds is 1. The van der Waals surface area contributed by atoms with Crippen LogP contribution in [0.5, 0.6) is 0 Å². The minimum Gasteiger partial charge on any atom is -0.310 e. The number of hydrogen-bond donors (Lipinski definition) is 1. The highest BCUT2D eigenvalue weighted by Crippen LogP contribution is 2.40. The maximum Gasteiger partial charge on any atom is 0.416 e. The molecule has 0 aromatic heterocycles. The van der Waals surface area contributed by atoms with Crippen molar-refractivity contribution in [2.75, 3.05) is 6.54 Å². The summed E-state index contributed by atoms with van der Waals surface area (Å²) in [6.07, 6.45) is -8.23. The van der Waals surface area contributed by atoms with Crippen LogP contribution in [0.3, 0.4) is 0 Å².